The van der Waals surface area contributed by atoms with Crippen molar-refractivity contribution in [2.45, 2.75) is 40.4 Å². The minimum Gasteiger partial charge on any atom is -0.485 e. The van der Waals surface area contributed by atoms with Crippen LogP contribution in [0.5, 0.6) is 11.5 Å². The summed E-state index contributed by atoms with van der Waals surface area (Å²) >= 11 is 0. The molecule has 2 aromatic carbocycles. The fraction of sp³-hybridized carbons (Fsp3) is 0.240. The maximum Gasteiger partial charge on any atom is 0.287 e. The van der Waals surface area contributed by atoms with Gasteiger partial charge in [0.05, 0.1) is 11.4 Å². The first-order valence-corrected chi connectivity index (χ1v) is 10.6. The van der Waals surface area contributed by atoms with Crippen LogP contribution in [0.15, 0.2) is 63.9 Å². The van der Waals surface area contributed by atoms with Crippen molar-refractivity contribution >= 4 is 17.2 Å². The maximum atomic E-state index is 12.8. The van der Waals surface area contributed by atoms with Crippen molar-refractivity contribution in [3.63, 3.8) is 0 Å². The van der Waals surface area contributed by atoms with Crippen LogP contribution in [0.4, 0.5) is 5.69 Å². The molecule has 8 nitrogen and oxygen atoms in total. The largest absolute Gasteiger partial charge is 0.485 e. The van der Waals surface area contributed by atoms with Gasteiger partial charge in [0.1, 0.15) is 23.9 Å². The molecule has 33 heavy (non-hydrogen) atoms. The number of ether oxygens (including phenoxy) is 2. The normalized spacial score (nSPS) is 11.9. The average Bonchev–Trinajstić information content (AvgIpc) is 3.15. The fourth-order valence-corrected chi connectivity index (χ4v) is 3.28. The van der Waals surface area contributed by atoms with E-state index in [0.29, 0.717) is 34.3 Å². The van der Waals surface area contributed by atoms with Crippen LogP contribution in [0, 0.1) is 20.8 Å². The van der Waals surface area contributed by atoms with Crippen LogP contribution in [-0.4, -0.2) is 21.6 Å². The molecule has 0 aliphatic carbocycles. The molecule has 0 radical (unpaired) electrons. The van der Waals surface area contributed by atoms with Gasteiger partial charge in [-0.1, -0.05) is 23.8 Å². The number of hydrogen-bond acceptors (Lipinski definition) is 6. The van der Waals surface area contributed by atoms with Gasteiger partial charge in [0.25, 0.3) is 11.5 Å². The molecule has 0 unspecified atom stereocenters. The first-order valence-electron chi connectivity index (χ1n) is 10.6. The monoisotopic (exact) mass is 447 g/mol. The summed E-state index contributed by atoms with van der Waals surface area (Å²) in [7, 11) is 0. The van der Waals surface area contributed by atoms with Crippen LogP contribution in [0.1, 0.15) is 29.5 Å². The van der Waals surface area contributed by atoms with Crippen LogP contribution in [-0.2, 0) is 11.4 Å². The molecule has 0 fully saturated rings. The van der Waals surface area contributed by atoms with Crippen molar-refractivity contribution < 1.29 is 18.8 Å². The zero-order chi connectivity index (χ0) is 23.5. The number of benzene rings is 2. The molecular weight excluding hydrogens is 422 g/mol. The smallest absolute Gasteiger partial charge is 0.287 e. The van der Waals surface area contributed by atoms with Crippen molar-refractivity contribution in [2.24, 2.45) is 0 Å². The molecule has 0 saturated carbocycles. The minimum atomic E-state index is -0.713. The second-order valence-electron chi connectivity index (χ2n) is 7.94. The van der Waals surface area contributed by atoms with Gasteiger partial charge in [0.15, 0.2) is 11.8 Å². The molecule has 2 aromatic heterocycles. The predicted octanol–water partition coefficient (Wildman–Crippen LogP) is 4.20. The average molecular weight is 447 g/mol. The second kappa shape index (κ2) is 9.20. The molecule has 8 heteroatoms. The third-order valence-electron chi connectivity index (χ3n) is 5.00. The van der Waals surface area contributed by atoms with Gasteiger partial charge in [-0.25, -0.2) is 4.98 Å². The number of anilines is 1. The number of carbonyl (C=O) groups is 1. The molecule has 0 bridgehead atoms. The number of fused-ring (bicyclic) bond motifs is 1. The first kappa shape index (κ1) is 22.1. The Hall–Kier alpha value is -4.07. The number of aryl methyl sites for hydroxylation is 3. The van der Waals surface area contributed by atoms with Crippen LogP contribution in [0.3, 0.4) is 0 Å². The molecule has 0 spiro atoms. The molecule has 4 rings (SSSR count). The van der Waals surface area contributed by atoms with Gasteiger partial charge in [-0.15, -0.1) is 4.57 Å². The van der Waals surface area contributed by atoms with Crippen molar-refractivity contribution in [1.82, 2.24) is 9.56 Å². The van der Waals surface area contributed by atoms with E-state index in [1.807, 2.05) is 50.2 Å². The van der Waals surface area contributed by atoms with Gasteiger partial charge in [-0.05, 0) is 57.5 Å². The van der Waals surface area contributed by atoms with E-state index in [0.717, 1.165) is 15.7 Å². The van der Waals surface area contributed by atoms with Gasteiger partial charge in [0.2, 0.25) is 0 Å². The van der Waals surface area contributed by atoms with E-state index in [2.05, 4.69) is 10.3 Å². The summed E-state index contributed by atoms with van der Waals surface area (Å²) in [5, 5.41) is 2.87. The van der Waals surface area contributed by atoms with Gasteiger partial charge in [-0.3, -0.25) is 9.59 Å². The number of rotatable bonds is 7. The summed E-state index contributed by atoms with van der Waals surface area (Å²) in [6.07, 6.45) is -0.713. The Labute approximate surface area is 190 Å². The number of nitrogens with zero attached hydrogens (tertiary/aromatic N) is 2. The Morgan fingerprint density at radius 2 is 1.79 bits per heavy atom. The van der Waals surface area contributed by atoms with Crippen molar-refractivity contribution in [2.75, 3.05) is 5.32 Å². The maximum absolute atomic E-state index is 12.8. The summed E-state index contributed by atoms with van der Waals surface area (Å²) in [5.74, 6) is 1.36. The molecule has 0 aliphatic rings. The van der Waals surface area contributed by atoms with Gasteiger partial charge in [0, 0.05) is 12.1 Å². The van der Waals surface area contributed by atoms with E-state index in [4.69, 9.17) is 14.0 Å². The minimum absolute atomic E-state index is 0.0529. The van der Waals surface area contributed by atoms with Crippen molar-refractivity contribution in [3.8, 4) is 11.5 Å². The zero-order valence-corrected chi connectivity index (χ0v) is 18.9. The number of amides is 1. The van der Waals surface area contributed by atoms with Crippen molar-refractivity contribution in [1.29, 1.82) is 0 Å². The van der Waals surface area contributed by atoms with Crippen LogP contribution in [0.2, 0.25) is 0 Å². The lowest BCUT2D eigenvalue weighted by atomic mass is 10.2. The molecule has 0 saturated heterocycles. The Morgan fingerprint density at radius 1 is 1.06 bits per heavy atom. The molecule has 2 heterocycles. The topological polar surface area (TPSA) is 95.1 Å². The Morgan fingerprint density at radius 3 is 2.55 bits per heavy atom. The summed E-state index contributed by atoms with van der Waals surface area (Å²) in [4.78, 5) is 29.4. The van der Waals surface area contributed by atoms with Gasteiger partial charge >= 0.3 is 0 Å². The predicted molar refractivity (Wildman–Crippen MR) is 124 cm³/mol. The molecule has 4 aromatic rings. The van der Waals surface area contributed by atoms with E-state index in [1.165, 1.54) is 6.07 Å². The summed E-state index contributed by atoms with van der Waals surface area (Å²) < 4.78 is 18.1. The Balaban J connectivity index is 1.47. The van der Waals surface area contributed by atoms with Crippen LogP contribution >= 0.6 is 0 Å². The highest BCUT2D eigenvalue weighted by molar-refractivity contribution is 5.95. The molecule has 0 aliphatic heterocycles. The van der Waals surface area contributed by atoms with Gasteiger partial charge < -0.3 is 19.3 Å². The molecule has 1 amide bonds. The highest BCUT2D eigenvalue weighted by atomic mass is 16.5. The lowest BCUT2D eigenvalue weighted by Gasteiger charge is -2.17. The van der Waals surface area contributed by atoms with Gasteiger partial charge in [-0.2, -0.15) is 0 Å². The number of hydrogen-bond donors (Lipinski definition) is 1. The quantitative estimate of drug-likeness (QED) is 0.456. The van der Waals surface area contributed by atoms with E-state index >= 15 is 0 Å². The lowest BCUT2D eigenvalue weighted by Crippen LogP contribution is -2.30. The van der Waals surface area contributed by atoms with Crippen LogP contribution in [0.25, 0.3) is 5.65 Å². The van der Waals surface area contributed by atoms with E-state index in [9.17, 15) is 9.59 Å². The SMILES string of the molecule is Cc1ccc(O[C@H](C)C(=O)Nc2cc(C)ccc2OCc2cc(=O)n3oc(C)cc3n2)cc1. The number of aromatic nitrogens is 2. The molecule has 1 atom stereocenters. The second-order valence-corrected chi connectivity index (χ2v) is 7.94. The lowest BCUT2D eigenvalue weighted by molar-refractivity contribution is -0.122. The van der Waals surface area contributed by atoms with E-state index in [-0.39, 0.29) is 18.1 Å². The first-order chi connectivity index (χ1) is 15.8. The van der Waals surface area contributed by atoms with Crippen LogP contribution < -0.4 is 20.3 Å². The molecular formula is C25H25N3O5. The fourth-order valence-electron chi connectivity index (χ4n) is 3.28. The Kier molecular flexibility index (Phi) is 6.17. The Bertz CT molecular complexity index is 1350. The number of nitrogens with one attached hydrogen (secondary N) is 1. The molecule has 1 N–H and O–H groups in total. The molecule has 170 valence electrons. The highest BCUT2D eigenvalue weighted by Crippen LogP contribution is 2.27. The highest BCUT2D eigenvalue weighted by Gasteiger charge is 2.17. The third-order valence-corrected chi connectivity index (χ3v) is 5.00. The van der Waals surface area contributed by atoms with Crippen molar-refractivity contribution in [3.05, 3.63) is 87.5 Å². The standard InChI is InChI=1S/C25H25N3O5/c1-15-5-8-20(9-6-15)32-18(4)25(30)27-21-11-16(2)7-10-22(21)31-14-19-13-24(29)28-23(26-19)12-17(3)33-28/h5-13,18H,14H2,1-4H3,(H,27,30)/t18-/m1/s1. The zero-order valence-electron chi connectivity index (χ0n) is 18.9. The van der Waals surface area contributed by atoms with E-state index in [1.54, 1.807) is 26.0 Å². The summed E-state index contributed by atoms with van der Waals surface area (Å²) in [6.45, 7) is 7.39. The van der Waals surface area contributed by atoms with E-state index < -0.39 is 6.10 Å². The number of carbonyl (C=O) groups excluding carboxylic acids is 1. The summed E-state index contributed by atoms with van der Waals surface area (Å²) in [5.41, 5.74) is 3.12. The summed E-state index contributed by atoms with van der Waals surface area (Å²) in [6, 6.07) is 16.0. The third kappa shape index (κ3) is 5.23.